The molecular weight excluding hydrogens is 248 g/mol. The van der Waals surface area contributed by atoms with E-state index in [0.29, 0.717) is 6.54 Å². The summed E-state index contributed by atoms with van der Waals surface area (Å²) >= 11 is 0. The molecule has 0 saturated carbocycles. The second kappa shape index (κ2) is 5.70. The van der Waals surface area contributed by atoms with Gasteiger partial charge < -0.3 is 5.32 Å². The van der Waals surface area contributed by atoms with Gasteiger partial charge in [0.05, 0.1) is 0 Å². The van der Waals surface area contributed by atoms with Crippen LogP contribution in [0.5, 0.6) is 0 Å². The Kier molecular flexibility index (Phi) is 3.59. The number of nitrogens with one attached hydrogen (secondary N) is 1. The Morgan fingerprint density at radius 2 is 1.80 bits per heavy atom. The largest absolute Gasteiger partial charge is 0.325 e. The van der Waals surface area contributed by atoms with Crippen molar-refractivity contribution in [2.45, 2.75) is 12.3 Å². The standard InChI is InChI=1S/C17H16N2O/c20-17-15(14-8-4-5-9-16(14)19-17)12-18-11-10-13-6-2-1-3-7-13/h1-9,12,15H,10-11H2,(H,19,20). The summed E-state index contributed by atoms with van der Waals surface area (Å²) in [7, 11) is 0. The van der Waals surface area contributed by atoms with E-state index in [4.69, 9.17) is 0 Å². The Morgan fingerprint density at radius 3 is 2.65 bits per heavy atom. The van der Waals surface area contributed by atoms with Crippen molar-refractivity contribution in [3.8, 4) is 0 Å². The molecule has 2 aromatic rings. The quantitative estimate of drug-likeness (QED) is 0.847. The predicted molar refractivity (Wildman–Crippen MR) is 81.3 cm³/mol. The third-order valence-electron chi connectivity index (χ3n) is 3.46. The lowest BCUT2D eigenvalue weighted by atomic mass is 10.0. The van der Waals surface area contributed by atoms with Crippen LogP contribution < -0.4 is 5.32 Å². The number of carbonyl (C=O) groups excluding carboxylic acids is 1. The molecule has 2 aromatic carbocycles. The van der Waals surface area contributed by atoms with Crippen LogP contribution in [0.3, 0.4) is 0 Å². The Balaban J connectivity index is 1.63. The maximum absolute atomic E-state index is 11.9. The molecule has 3 nitrogen and oxygen atoms in total. The van der Waals surface area contributed by atoms with Crippen molar-refractivity contribution in [2.75, 3.05) is 11.9 Å². The smallest absolute Gasteiger partial charge is 0.237 e. The number of nitrogens with zero attached hydrogens (tertiary/aromatic N) is 1. The third kappa shape index (κ3) is 2.62. The highest BCUT2D eigenvalue weighted by Gasteiger charge is 2.28. The van der Waals surface area contributed by atoms with Gasteiger partial charge in [-0.05, 0) is 23.6 Å². The maximum Gasteiger partial charge on any atom is 0.237 e. The molecule has 0 saturated heterocycles. The number of hydrogen-bond acceptors (Lipinski definition) is 2. The van der Waals surface area contributed by atoms with E-state index >= 15 is 0 Å². The molecule has 0 radical (unpaired) electrons. The number of para-hydroxylation sites is 1. The fraction of sp³-hybridized carbons (Fsp3) is 0.176. The first-order valence-electron chi connectivity index (χ1n) is 6.78. The molecule has 3 rings (SSSR count). The Morgan fingerprint density at radius 1 is 1.05 bits per heavy atom. The van der Waals surface area contributed by atoms with E-state index < -0.39 is 0 Å². The number of benzene rings is 2. The van der Waals surface area contributed by atoms with Crippen LogP contribution in [0.25, 0.3) is 0 Å². The fourth-order valence-electron chi connectivity index (χ4n) is 2.40. The van der Waals surface area contributed by atoms with E-state index in [9.17, 15) is 4.79 Å². The van der Waals surface area contributed by atoms with E-state index in [2.05, 4.69) is 22.4 Å². The molecule has 0 aromatic heterocycles. The molecule has 1 heterocycles. The number of hydrogen-bond donors (Lipinski definition) is 1. The van der Waals surface area contributed by atoms with Crippen molar-refractivity contribution >= 4 is 17.8 Å². The average Bonchev–Trinajstić information content (AvgIpc) is 2.80. The Hall–Kier alpha value is -2.42. The zero-order valence-electron chi connectivity index (χ0n) is 11.1. The number of fused-ring (bicyclic) bond motifs is 1. The summed E-state index contributed by atoms with van der Waals surface area (Å²) in [5.74, 6) is -0.239. The molecule has 3 heteroatoms. The molecule has 1 aliphatic heterocycles. The zero-order chi connectivity index (χ0) is 13.8. The van der Waals surface area contributed by atoms with Crippen LogP contribution in [-0.2, 0) is 11.2 Å². The van der Waals surface area contributed by atoms with Crippen molar-refractivity contribution in [1.29, 1.82) is 0 Å². The molecule has 1 N–H and O–H groups in total. The highest BCUT2D eigenvalue weighted by Crippen LogP contribution is 2.30. The molecule has 1 atom stereocenters. The van der Waals surface area contributed by atoms with E-state index in [-0.39, 0.29) is 11.8 Å². The van der Waals surface area contributed by atoms with Crippen molar-refractivity contribution in [3.63, 3.8) is 0 Å². The number of carbonyl (C=O) groups is 1. The van der Waals surface area contributed by atoms with E-state index in [1.165, 1.54) is 5.56 Å². The molecule has 1 amide bonds. The van der Waals surface area contributed by atoms with Gasteiger partial charge in [0, 0.05) is 18.4 Å². The first kappa shape index (κ1) is 12.6. The summed E-state index contributed by atoms with van der Waals surface area (Å²) in [5.41, 5.74) is 3.18. The topological polar surface area (TPSA) is 41.5 Å². The van der Waals surface area contributed by atoms with Crippen molar-refractivity contribution < 1.29 is 4.79 Å². The third-order valence-corrected chi connectivity index (χ3v) is 3.46. The highest BCUT2D eigenvalue weighted by atomic mass is 16.2. The van der Waals surface area contributed by atoms with E-state index in [1.54, 1.807) is 6.21 Å². The van der Waals surface area contributed by atoms with E-state index in [0.717, 1.165) is 17.7 Å². The predicted octanol–water partition coefficient (Wildman–Crippen LogP) is 3.04. The maximum atomic E-state index is 11.9. The SMILES string of the molecule is O=C1Nc2ccccc2C1C=NCCc1ccccc1. The van der Waals surface area contributed by atoms with Gasteiger partial charge in [-0.1, -0.05) is 48.5 Å². The molecule has 0 aliphatic carbocycles. The molecule has 0 bridgehead atoms. The second-order valence-corrected chi connectivity index (χ2v) is 4.85. The summed E-state index contributed by atoms with van der Waals surface area (Å²) in [5, 5.41) is 2.88. The number of amides is 1. The van der Waals surface area contributed by atoms with Gasteiger partial charge >= 0.3 is 0 Å². The van der Waals surface area contributed by atoms with Crippen molar-refractivity contribution in [1.82, 2.24) is 0 Å². The number of anilines is 1. The first-order chi connectivity index (χ1) is 9.84. The molecule has 0 spiro atoms. The van der Waals surface area contributed by atoms with Gasteiger partial charge in [0.25, 0.3) is 0 Å². The molecule has 20 heavy (non-hydrogen) atoms. The Labute approximate surface area is 118 Å². The monoisotopic (exact) mass is 264 g/mol. The Bertz CT molecular complexity index is 634. The van der Waals surface area contributed by atoms with Crippen LogP contribution in [0.1, 0.15) is 17.0 Å². The van der Waals surface area contributed by atoms with Gasteiger partial charge in [0.1, 0.15) is 5.92 Å². The van der Waals surface area contributed by atoms with Crippen LogP contribution in [-0.4, -0.2) is 18.7 Å². The highest BCUT2D eigenvalue weighted by molar-refractivity contribution is 6.12. The van der Waals surface area contributed by atoms with Crippen LogP contribution in [0, 0.1) is 0 Å². The molecule has 1 unspecified atom stereocenters. The summed E-state index contributed by atoms with van der Waals surface area (Å²) in [6, 6.07) is 18.0. The molecule has 1 aliphatic rings. The molecule has 0 fully saturated rings. The van der Waals surface area contributed by atoms with Gasteiger partial charge in [-0.3, -0.25) is 9.79 Å². The van der Waals surface area contributed by atoms with Gasteiger partial charge in [-0.15, -0.1) is 0 Å². The van der Waals surface area contributed by atoms with Gasteiger partial charge in [0.15, 0.2) is 0 Å². The first-order valence-corrected chi connectivity index (χ1v) is 6.78. The van der Waals surface area contributed by atoms with Crippen LogP contribution in [0.15, 0.2) is 59.6 Å². The number of rotatable bonds is 4. The van der Waals surface area contributed by atoms with Gasteiger partial charge in [-0.2, -0.15) is 0 Å². The molecular formula is C17H16N2O. The lowest BCUT2D eigenvalue weighted by Gasteiger charge is -2.01. The summed E-state index contributed by atoms with van der Waals surface area (Å²) in [4.78, 5) is 16.3. The van der Waals surface area contributed by atoms with Crippen LogP contribution in [0.4, 0.5) is 5.69 Å². The summed E-state index contributed by atoms with van der Waals surface area (Å²) in [6.45, 7) is 0.704. The van der Waals surface area contributed by atoms with Gasteiger partial charge in [0.2, 0.25) is 5.91 Å². The zero-order valence-corrected chi connectivity index (χ0v) is 11.1. The molecule has 100 valence electrons. The van der Waals surface area contributed by atoms with Crippen molar-refractivity contribution in [2.24, 2.45) is 4.99 Å². The minimum atomic E-state index is -0.248. The van der Waals surface area contributed by atoms with Crippen LogP contribution in [0.2, 0.25) is 0 Å². The minimum absolute atomic E-state index is 0.00895. The lowest BCUT2D eigenvalue weighted by Crippen LogP contribution is -2.13. The van der Waals surface area contributed by atoms with Crippen LogP contribution >= 0.6 is 0 Å². The van der Waals surface area contributed by atoms with Gasteiger partial charge in [-0.25, -0.2) is 0 Å². The van der Waals surface area contributed by atoms with E-state index in [1.807, 2.05) is 42.5 Å². The lowest BCUT2D eigenvalue weighted by molar-refractivity contribution is -0.115. The number of aliphatic imine (C=N–C) groups is 1. The fourth-order valence-corrected chi connectivity index (χ4v) is 2.40. The summed E-state index contributed by atoms with van der Waals surface area (Å²) < 4.78 is 0. The summed E-state index contributed by atoms with van der Waals surface area (Å²) in [6.07, 6.45) is 2.66. The normalized spacial score (nSPS) is 17.2. The second-order valence-electron chi connectivity index (χ2n) is 4.85. The minimum Gasteiger partial charge on any atom is -0.325 e. The average molecular weight is 264 g/mol. The van der Waals surface area contributed by atoms with Crippen molar-refractivity contribution in [3.05, 3.63) is 65.7 Å².